The predicted molar refractivity (Wildman–Crippen MR) is 137 cm³/mol. The van der Waals surface area contributed by atoms with E-state index in [1.807, 2.05) is 13.8 Å². The molecular formula is C30H48O6. The number of carbonyl (C=O) groups is 1. The van der Waals surface area contributed by atoms with Crippen molar-refractivity contribution in [3.05, 3.63) is 11.6 Å². The average molecular weight is 505 g/mol. The Morgan fingerprint density at radius 1 is 1.00 bits per heavy atom. The fraction of sp³-hybridized carbons (Fsp3) is 0.900. The predicted octanol–water partition coefficient (Wildman–Crippen LogP) is 4.15. The van der Waals surface area contributed by atoms with Crippen LogP contribution in [0.15, 0.2) is 11.6 Å². The summed E-state index contributed by atoms with van der Waals surface area (Å²) in [5, 5.41) is 54.8. The molecule has 5 rings (SSSR count). The van der Waals surface area contributed by atoms with Crippen molar-refractivity contribution in [1.82, 2.24) is 0 Å². The maximum atomic E-state index is 12.8. The number of carboxylic acid groups (broad SMARTS) is 1. The Balaban J connectivity index is 1.65. The van der Waals surface area contributed by atoms with Gasteiger partial charge in [-0.2, -0.15) is 0 Å². The summed E-state index contributed by atoms with van der Waals surface area (Å²) in [6.07, 6.45) is 6.20. The molecule has 0 aromatic heterocycles. The molecule has 36 heavy (non-hydrogen) atoms. The van der Waals surface area contributed by atoms with E-state index in [9.17, 15) is 30.3 Å². The molecule has 0 spiro atoms. The summed E-state index contributed by atoms with van der Waals surface area (Å²) in [5.74, 6) is -0.834. The van der Waals surface area contributed by atoms with Gasteiger partial charge < -0.3 is 25.5 Å². The highest BCUT2D eigenvalue weighted by Crippen LogP contribution is 2.76. The summed E-state index contributed by atoms with van der Waals surface area (Å²) in [5.41, 5.74) is -2.28. The largest absolute Gasteiger partial charge is 0.481 e. The Labute approximate surface area is 216 Å². The van der Waals surface area contributed by atoms with Crippen molar-refractivity contribution in [3.63, 3.8) is 0 Å². The first-order valence-corrected chi connectivity index (χ1v) is 14.2. The number of aliphatic carboxylic acids is 1. The molecule has 5 N–H and O–H groups in total. The molecule has 204 valence electrons. The molecule has 0 heterocycles. The second kappa shape index (κ2) is 7.80. The molecule has 0 radical (unpaired) electrons. The number of carboxylic acids is 1. The van der Waals surface area contributed by atoms with Gasteiger partial charge in [-0.25, -0.2) is 0 Å². The van der Waals surface area contributed by atoms with Crippen LogP contribution in [0.25, 0.3) is 0 Å². The second-order valence-corrected chi connectivity index (χ2v) is 14.7. The smallest absolute Gasteiger partial charge is 0.310 e. The third kappa shape index (κ3) is 2.91. The summed E-state index contributed by atoms with van der Waals surface area (Å²) >= 11 is 0. The first kappa shape index (κ1) is 26.6. The van der Waals surface area contributed by atoms with Crippen molar-refractivity contribution in [2.75, 3.05) is 6.61 Å². The van der Waals surface area contributed by atoms with E-state index in [0.29, 0.717) is 19.3 Å². The van der Waals surface area contributed by atoms with Crippen LogP contribution in [-0.2, 0) is 4.79 Å². The van der Waals surface area contributed by atoms with E-state index >= 15 is 0 Å². The molecule has 5 aliphatic rings. The van der Waals surface area contributed by atoms with Crippen LogP contribution < -0.4 is 0 Å². The number of allylic oxidation sites excluding steroid dienone is 1. The third-order valence-electron chi connectivity index (χ3n) is 13.6. The van der Waals surface area contributed by atoms with Crippen molar-refractivity contribution in [2.45, 2.75) is 111 Å². The van der Waals surface area contributed by atoms with Crippen LogP contribution in [0, 0.1) is 50.7 Å². The fourth-order valence-corrected chi connectivity index (χ4v) is 11.0. The molecule has 0 unspecified atom stereocenters. The lowest BCUT2D eigenvalue weighted by Crippen LogP contribution is -2.69. The molecule has 6 heteroatoms. The summed E-state index contributed by atoms with van der Waals surface area (Å²) in [4.78, 5) is 12.8. The van der Waals surface area contributed by atoms with Crippen LogP contribution in [0.2, 0.25) is 0 Å². The Morgan fingerprint density at radius 3 is 2.28 bits per heavy atom. The summed E-state index contributed by atoms with van der Waals surface area (Å²) < 4.78 is 0. The van der Waals surface area contributed by atoms with Gasteiger partial charge in [-0.05, 0) is 92.3 Å². The van der Waals surface area contributed by atoms with Gasteiger partial charge in [0.2, 0.25) is 0 Å². The van der Waals surface area contributed by atoms with E-state index in [0.717, 1.165) is 37.7 Å². The fourth-order valence-electron chi connectivity index (χ4n) is 11.0. The van der Waals surface area contributed by atoms with Gasteiger partial charge in [0.15, 0.2) is 0 Å². The van der Waals surface area contributed by atoms with Crippen LogP contribution >= 0.6 is 0 Å². The zero-order valence-electron chi connectivity index (χ0n) is 23.0. The van der Waals surface area contributed by atoms with Gasteiger partial charge in [0, 0.05) is 11.3 Å². The van der Waals surface area contributed by atoms with Crippen LogP contribution in [0.1, 0.15) is 92.9 Å². The third-order valence-corrected chi connectivity index (χ3v) is 13.6. The Bertz CT molecular complexity index is 974. The van der Waals surface area contributed by atoms with E-state index in [4.69, 9.17) is 0 Å². The van der Waals surface area contributed by atoms with Crippen LogP contribution in [-0.4, -0.2) is 55.9 Å². The first-order chi connectivity index (χ1) is 16.6. The zero-order valence-corrected chi connectivity index (χ0v) is 23.0. The quantitative estimate of drug-likeness (QED) is 0.361. The minimum absolute atomic E-state index is 0.0252. The highest BCUT2D eigenvalue weighted by atomic mass is 16.4. The molecule has 12 atom stereocenters. The van der Waals surface area contributed by atoms with E-state index in [1.54, 1.807) is 0 Å². The molecule has 0 bridgehead atoms. The highest BCUT2D eigenvalue weighted by Gasteiger charge is 2.72. The van der Waals surface area contributed by atoms with Crippen molar-refractivity contribution < 1.29 is 30.3 Å². The Hall–Kier alpha value is -0.950. The van der Waals surface area contributed by atoms with Gasteiger partial charge in [-0.3, -0.25) is 4.79 Å². The van der Waals surface area contributed by atoms with Gasteiger partial charge in [0.25, 0.3) is 0 Å². The summed E-state index contributed by atoms with van der Waals surface area (Å²) in [6.45, 7) is 12.6. The molecule has 6 nitrogen and oxygen atoms in total. The van der Waals surface area contributed by atoms with Crippen molar-refractivity contribution in [1.29, 1.82) is 0 Å². The lowest BCUT2D eigenvalue weighted by Gasteiger charge is -2.72. The maximum Gasteiger partial charge on any atom is 0.310 e. The van der Waals surface area contributed by atoms with Crippen molar-refractivity contribution in [3.8, 4) is 0 Å². The summed E-state index contributed by atoms with van der Waals surface area (Å²) in [7, 11) is 0. The van der Waals surface area contributed by atoms with Gasteiger partial charge in [0.1, 0.15) is 0 Å². The second-order valence-electron chi connectivity index (χ2n) is 14.7. The van der Waals surface area contributed by atoms with Gasteiger partial charge in [-0.1, -0.05) is 46.3 Å². The minimum atomic E-state index is -1.09. The normalized spacial score (nSPS) is 58.6. The number of aliphatic hydroxyl groups is 4. The topological polar surface area (TPSA) is 118 Å². The number of aliphatic hydroxyl groups excluding tert-OH is 3. The minimum Gasteiger partial charge on any atom is -0.481 e. The molecular weight excluding hydrogens is 456 g/mol. The molecule has 0 aliphatic heterocycles. The van der Waals surface area contributed by atoms with E-state index in [2.05, 4.69) is 33.8 Å². The average Bonchev–Trinajstić information content (AvgIpc) is 2.80. The lowest BCUT2D eigenvalue weighted by atomic mass is 9.33. The van der Waals surface area contributed by atoms with E-state index in [-0.39, 0.29) is 40.6 Å². The van der Waals surface area contributed by atoms with Gasteiger partial charge >= 0.3 is 5.97 Å². The first-order valence-electron chi connectivity index (χ1n) is 14.2. The standard InChI is InChI=1S/C30H48O6/c1-17-9-12-30(24(34)35)14-13-27(4)18(22(30)29(17,6)36)7-8-21-25(2)15-19(32)23(33)26(3,16-31)20(25)10-11-28(21,27)5/h7,17,19-23,31-33,36H,8-16H2,1-6H3,(H,34,35)/t17-,19-,20-,21+,22-,23+,25+,26+,27-,28-,29-,30+/m1/s1. The molecule has 0 saturated heterocycles. The molecule has 4 saturated carbocycles. The molecule has 4 fully saturated rings. The molecule has 0 amide bonds. The van der Waals surface area contributed by atoms with Crippen LogP contribution in [0.4, 0.5) is 0 Å². The van der Waals surface area contributed by atoms with Crippen molar-refractivity contribution >= 4 is 5.97 Å². The zero-order chi connectivity index (χ0) is 26.7. The Kier molecular flexibility index (Phi) is 5.77. The van der Waals surface area contributed by atoms with Gasteiger partial charge in [-0.15, -0.1) is 0 Å². The number of hydrogen-bond acceptors (Lipinski definition) is 5. The molecule has 0 aromatic carbocycles. The highest BCUT2D eigenvalue weighted by molar-refractivity contribution is 5.77. The molecule has 5 aliphatic carbocycles. The van der Waals surface area contributed by atoms with Crippen LogP contribution in [0.5, 0.6) is 0 Å². The van der Waals surface area contributed by atoms with Crippen molar-refractivity contribution in [2.24, 2.45) is 50.7 Å². The molecule has 0 aromatic rings. The van der Waals surface area contributed by atoms with E-state index < -0.39 is 40.5 Å². The lowest BCUT2D eigenvalue weighted by molar-refractivity contribution is -0.247. The SMILES string of the molecule is C[C@@H]1CC[C@]2(C(=O)O)CC[C@]3(C)C(=CC[C@H]4[C@@]5(C)C[C@@H](O)[C@H](O)[C@@](C)(CO)[C@@H]5CC[C@]43C)[C@@H]2[C@]1(C)O. The van der Waals surface area contributed by atoms with Crippen LogP contribution in [0.3, 0.4) is 0 Å². The number of hydrogen-bond donors (Lipinski definition) is 5. The van der Waals surface area contributed by atoms with E-state index in [1.165, 1.54) is 0 Å². The maximum absolute atomic E-state index is 12.8. The number of rotatable bonds is 2. The monoisotopic (exact) mass is 504 g/mol. The van der Waals surface area contributed by atoms with Gasteiger partial charge in [0.05, 0.1) is 29.8 Å². The summed E-state index contributed by atoms with van der Waals surface area (Å²) in [6, 6.07) is 0. The Morgan fingerprint density at radius 2 is 1.67 bits per heavy atom. The number of fused-ring (bicyclic) bond motifs is 7.